The molecule has 1 spiro atoms. The van der Waals surface area contributed by atoms with E-state index in [1.54, 1.807) is 6.92 Å². The van der Waals surface area contributed by atoms with Crippen LogP contribution in [0.1, 0.15) is 57.9 Å². The second-order valence-electron chi connectivity index (χ2n) is 9.27. The molecule has 12 heteroatoms. The summed E-state index contributed by atoms with van der Waals surface area (Å²) in [7, 11) is 2.95. The van der Waals surface area contributed by atoms with E-state index in [4.69, 9.17) is 4.74 Å². The molecule has 0 saturated carbocycles. The van der Waals surface area contributed by atoms with E-state index >= 15 is 0 Å². The summed E-state index contributed by atoms with van der Waals surface area (Å²) in [5.74, 6) is -2.87. The van der Waals surface area contributed by atoms with Crippen molar-refractivity contribution in [3.05, 3.63) is 52.8 Å². The molecule has 36 heavy (non-hydrogen) atoms. The second kappa shape index (κ2) is 8.82. The Morgan fingerprint density at radius 3 is 2.22 bits per heavy atom. The lowest BCUT2D eigenvalue weighted by Crippen LogP contribution is -2.57. The van der Waals surface area contributed by atoms with E-state index in [-0.39, 0.29) is 30.4 Å². The molecule has 2 aliphatic rings. The van der Waals surface area contributed by atoms with Gasteiger partial charge in [0.15, 0.2) is 0 Å². The first-order valence-electron chi connectivity index (χ1n) is 11.3. The summed E-state index contributed by atoms with van der Waals surface area (Å²) in [6.45, 7) is 2.49. The predicted molar refractivity (Wildman–Crippen MR) is 117 cm³/mol. The number of methoxy groups -OCH3 is 1. The summed E-state index contributed by atoms with van der Waals surface area (Å²) in [4.78, 5) is 28.6. The van der Waals surface area contributed by atoms with Gasteiger partial charge in [-0.3, -0.25) is 14.5 Å². The summed E-state index contributed by atoms with van der Waals surface area (Å²) in [5.41, 5.74) is -1.76. The van der Waals surface area contributed by atoms with Crippen LogP contribution in [0.3, 0.4) is 0 Å². The molecule has 0 aliphatic carbocycles. The zero-order chi connectivity index (χ0) is 26.6. The van der Waals surface area contributed by atoms with Crippen LogP contribution in [0.2, 0.25) is 0 Å². The van der Waals surface area contributed by atoms with E-state index < -0.39 is 40.8 Å². The maximum atomic E-state index is 13.4. The van der Waals surface area contributed by atoms with E-state index in [9.17, 15) is 35.9 Å². The number of likely N-dealkylation sites (tertiary alicyclic amines) is 1. The van der Waals surface area contributed by atoms with Crippen LogP contribution in [0.5, 0.6) is 5.75 Å². The van der Waals surface area contributed by atoms with Gasteiger partial charge in [-0.2, -0.15) is 26.3 Å². The van der Waals surface area contributed by atoms with Gasteiger partial charge in [-0.05, 0) is 57.1 Å². The van der Waals surface area contributed by atoms with Gasteiger partial charge in [0.25, 0.3) is 11.7 Å². The van der Waals surface area contributed by atoms with Crippen LogP contribution in [-0.2, 0) is 11.7 Å². The van der Waals surface area contributed by atoms with Crippen LogP contribution in [0.4, 0.5) is 26.3 Å². The van der Waals surface area contributed by atoms with Gasteiger partial charge in [0.1, 0.15) is 5.75 Å². The number of aromatic nitrogens is 1. The zero-order valence-electron chi connectivity index (χ0n) is 19.8. The molecule has 6 nitrogen and oxygen atoms in total. The quantitative estimate of drug-likeness (QED) is 0.430. The first-order valence-corrected chi connectivity index (χ1v) is 11.3. The maximum Gasteiger partial charge on any atom is 0.456 e. The number of Topliss-reactive ketones (excluding diaryl/α,β-unsaturated/α-hetero) is 1. The Bertz CT molecular complexity index is 1180. The Morgan fingerprint density at radius 2 is 1.67 bits per heavy atom. The lowest BCUT2D eigenvalue weighted by Gasteiger charge is -2.52. The van der Waals surface area contributed by atoms with Crippen molar-refractivity contribution in [3.63, 3.8) is 0 Å². The molecule has 1 amide bonds. The van der Waals surface area contributed by atoms with Crippen molar-refractivity contribution in [2.45, 2.75) is 43.7 Å². The van der Waals surface area contributed by atoms with Crippen LogP contribution in [-0.4, -0.2) is 66.0 Å². The van der Waals surface area contributed by atoms with E-state index in [0.717, 1.165) is 19.2 Å². The minimum Gasteiger partial charge on any atom is -0.496 e. The third-order valence-electron chi connectivity index (χ3n) is 7.22. The summed E-state index contributed by atoms with van der Waals surface area (Å²) < 4.78 is 85.9. The normalized spacial score (nSPS) is 20.4. The number of piperidine rings is 1. The molecule has 1 aromatic heterocycles. The number of likely N-dealkylation sites (N-methyl/N-ethyl adjacent to an activating group) is 1. The van der Waals surface area contributed by atoms with Gasteiger partial charge in [0.05, 0.1) is 23.9 Å². The van der Waals surface area contributed by atoms with Crippen molar-refractivity contribution >= 4 is 11.7 Å². The third kappa shape index (κ3) is 4.25. The number of benzene rings is 1. The number of alkyl halides is 6. The average Bonchev–Trinajstić information content (AvgIpc) is 3.27. The molecular weight excluding hydrogens is 492 g/mol. The number of ketones is 1. The molecule has 1 unspecified atom stereocenters. The predicted octanol–water partition coefficient (Wildman–Crippen LogP) is 4.90. The summed E-state index contributed by atoms with van der Waals surface area (Å²) in [6, 6.07) is 5.48. The van der Waals surface area contributed by atoms with Gasteiger partial charge in [-0.15, -0.1) is 0 Å². The van der Waals surface area contributed by atoms with Crippen molar-refractivity contribution < 1.29 is 40.7 Å². The molecule has 3 heterocycles. The maximum absolute atomic E-state index is 13.4. The zero-order valence-corrected chi connectivity index (χ0v) is 19.8. The van der Waals surface area contributed by atoms with Crippen molar-refractivity contribution in [2.75, 3.05) is 33.8 Å². The number of nitrogens with zero attached hydrogens (tertiary/aromatic N) is 3. The van der Waals surface area contributed by atoms with Gasteiger partial charge in [0.2, 0.25) is 0 Å². The van der Waals surface area contributed by atoms with E-state index in [0.29, 0.717) is 25.1 Å². The molecule has 2 aliphatic heterocycles. The fourth-order valence-electron chi connectivity index (χ4n) is 5.44. The number of amides is 1. The first kappa shape index (κ1) is 26.1. The monoisotopic (exact) mass is 517 g/mol. The van der Waals surface area contributed by atoms with Gasteiger partial charge in [-0.1, -0.05) is 0 Å². The Kier molecular flexibility index (Phi) is 6.39. The number of halogens is 6. The van der Waals surface area contributed by atoms with Gasteiger partial charge < -0.3 is 14.2 Å². The Balaban J connectivity index is 1.61. The molecule has 0 N–H and O–H groups in total. The van der Waals surface area contributed by atoms with Crippen LogP contribution in [0.15, 0.2) is 30.3 Å². The van der Waals surface area contributed by atoms with E-state index in [2.05, 4.69) is 0 Å². The SMILES string of the molecule is COc1ccc(C(=O)N2CCC3(CC2)c2ccc(C(=O)C(F)(F)F)n2C(C)CN3C)cc1C(F)(F)F. The summed E-state index contributed by atoms with van der Waals surface area (Å²) in [6.07, 6.45) is -9.03. The van der Waals surface area contributed by atoms with E-state index in [1.807, 2.05) is 11.9 Å². The highest BCUT2D eigenvalue weighted by molar-refractivity contribution is 5.99. The summed E-state index contributed by atoms with van der Waals surface area (Å²) in [5, 5.41) is 0. The number of carbonyl (C=O) groups excluding carboxylic acids is 2. The highest BCUT2D eigenvalue weighted by atomic mass is 19.4. The molecule has 1 atom stereocenters. The van der Waals surface area contributed by atoms with Crippen LogP contribution in [0.25, 0.3) is 0 Å². The van der Waals surface area contributed by atoms with Gasteiger partial charge in [0, 0.05) is 36.9 Å². The van der Waals surface area contributed by atoms with Crippen molar-refractivity contribution in [2.24, 2.45) is 0 Å². The Morgan fingerprint density at radius 1 is 1.03 bits per heavy atom. The minimum atomic E-state index is -5.01. The number of rotatable bonds is 3. The Labute approximate surface area is 203 Å². The number of ether oxygens (including phenoxy) is 1. The molecule has 1 fully saturated rings. The first-order chi connectivity index (χ1) is 16.7. The van der Waals surface area contributed by atoms with Gasteiger partial charge in [-0.25, -0.2) is 0 Å². The lowest BCUT2D eigenvalue weighted by atomic mass is 9.80. The van der Waals surface area contributed by atoms with Crippen LogP contribution >= 0.6 is 0 Å². The van der Waals surface area contributed by atoms with Crippen molar-refractivity contribution in [1.82, 2.24) is 14.4 Å². The summed E-state index contributed by atoms with van der Waals surface area (Å²) >= 11 is 0. The second-order valence-corrected chi connectivity index (χ2v) is 9.27. The largest absolute Gasteiger partial charge is 0.496 e. The van der Waals surface area contributed by atoms with Gasteiger partial charge >= 0.3 is 12.4 Å². The third-order valence-corrected chi connectivity index (χ3v) is 7.22. The standard InChI is InChI=1S/C24H25F6N3O3/c1-14-13-31(2)22(19-7-5-17(33(14)19)20(34)24(28,29)30)8-10-32(11-9-22)21(35)15-4-6-18(36-3)16(12-15)23(25,26)27/h4-7,12,14H,8-11,13H2,1-3H3. The molecule has 0 radical (unpaired) electrons. The molecule has 1 saturated heterocycles. The topological polar surface area (TPSA) is 54.8 Å². The smallest absolute Gasteiger partial charge is 0.456 e. The number of hydrogen-bond acceptors (Lipinski definition) is 4. The average molecular weight is 517 g/mol. The molecule has 1 aromatic carbocycles. The number of carbonyl (C=O) groups is 2. The van der Waals surface area contributed by atoms with Crippen LogP contribution < -0.4 is 4.74 Å². The number of hydrogen-bond donors (Lipinski definition) is 0. The number of fused-ring (bicyclic) bond motifs is 2. The van der Waals surface area contributed by atoms with Crippen molar-refractivity contribution in [1.29, 1.82) is 0 Å². The van der Waals surface area contributed by atoms with Crippen LogP contribution in [0, 0.1) is 0 Å². The fourth-order valence-corrected chi connectivity index (χ4v) is 5.44. The van der Waals surface area contributed by atoms with E-state index in [1.165, 1.54) is 27.7 Å². The molecule has 4 rings (SSSR count). The Hall–Kier alpha value is -3.02. The minimum absolute atomic E-state index is 0.133. The molecule has 2 aromatic rings. The molecule has 196 valence electrons. The molecular formula is C24H25F6N3O3. The van der Waals surface area contributed by atoms with Crippen molar-refractivity contribution in [3.8, 4) is 5.75 Å². The lowest BCUT2D eigenvalue weighted by molar-refractivity contribution is -0.138. The highest BCUT2D eigenvalue weighted by Crippen LogP contribution is 2.45. The molecule has 0 bridgehead atoms. The highest BCUT2D eigenvalue weighted by Gasteiger charge is 2.49. The fraction of sp³-hybridized carbons (Fsp3) is 0.500.